The van der Waals surface area contributed by atoms with Crippen LogP contribution in [0.2, 0.25) is 0 Å². The van der Waals surface area contributed by atoms with Crippen molar-refractivity contribution in [1.82, 2.24) is 0 Å². The van der Waals surface area contributed by atoms with Crippen molar-refractivity contribution in [2.75, 3.05) is 4.90 Å². The summed E-state index contributed by atoms with van der Waals surface area (Å²) in [6, 6.07) is 17.5. The molecule has 21 heavy (non-hydrogen) atoms. The van der Waals surface area contributed by atoms with Crippen molar-refractivity contribution in [3.8, 4) is 5.75 Å². The SMILES string of the molecule is CCc1ccc(OC(C)N2c3ccccc3CC2C)cc1. The first-order chi connectivity index (χ1) is 10.2. The second kappa shape index (κ2) is 5.80. The lowest BCUT2D eigenvalue weighted by molar-refractivity contribution is 0.207. The van der Waals surface area contributed by atoms with Crippen LogP contribution in [0.15, 0.2) is 48.5 Å². The molecule has 1 aliphatic rings. The van der Waals surface area contributed by atoms with E-state index >= 15 is 0 Å². The van der Waals surface area contributed by atoms with Gasteiger partial charge < -0.3 is 9.64 Å². The molecule has 2 unspecified atom stereocenters. The van der Waals surface area contributed by atoms with Crippen LogP contribution in [-0.4, -0.2) is 12.3 Å². The molecule has 0 saturated heterocycles. The third-order valence-corrected chi connectivity index (χ3v) is 4.29. The highest BCUT2D eigenvalue weighted by molar-refractivity contribution is 5.59. The number of aryl methyl sites for hydroxylation is 1. The highest BCUT2D eigenvalue weighted by atomic mass is 16.5. The Bertz CT molecular complexity index is 605. The molecule has 0 N–H and O–H groups in total. The van der Waals surface area contributed by atoms with Crippen LogP contribution in [0.25, 0.3) is 0 Å². The molecule has 0 bridgehead atoms. The fourth-order valence-electron chi connectivity index (χ4n) is 3.20. The molecule has 0 aromatic heterocycles. The summed E-state index contributed by atoms with van der Waals surface area (Å²) in [6.07, 6.45) is 2.20. The van der Waals surface area contributed by atoms with Crippen LogP contribution in [0.3, 0.4) is 0 Å². The van der Waals surface area contributed by atoms with Gasteiger partial charge in [-0.25, -0.2) is 0 Å². The van der Waals surface area contributed by atoms with E-state index in [1.165, 1.54) is 16.8 Å². The van der Waals surface area contributed by atoms with Gasteiger partial charge in [-0.15, -0.1) is 0 Å². The van der Waals surface area contributed by atoms with Gasteiger partial charge in [0.15, 0.2) is 6.23 Å². The molecule has 0 saturated carbocycles. The van der Waals surface area contributed by atoms with E-state index in [1.54, 1.807) is 0 Å². The van der Waals surface area contributed by atoms with Gasteiger partial charge in [-0.1, -0.05) is 37.3 Å². The summed E-state index contributed by atoms with van der Waals surface area (Å²) in [6.45, 7) is 6.56. The van der Waals surface area contributed by atoms with Gasteiger partial charge in [0, 0.05) is 11.7 Å². The third-order valence-electron chi connectivity index (χ3n) is 4.29. The van der Waals surface area contributed by atoms with Gasteiger partial charge in [-0.05, 0) is 56.0 Å². The monoisotopic (exact) mass is 281 g/mol. The summed E-state index contributed by atoms with van der Waals surface area (Å²) < 4.78 is 6.15. The van der Waals surface area contributed by atoms with Crippen LogP contribution in [0.1, 0.15) is 31.9 Å². The van der Waals surface area contributed by atoms with E-state index in [4.69, 9.17) is 4.74 Å². The Kier molecular flexibility index (Phi) is 3.87. The van der Waals surface area contributed by atoms with Crippen molar-refractivity contribution in [3.05, 3.63) is 59.7 Å². The van der Waals surface area contributed by atoms with Crippen LogP contribution in [0.4, 0.5) is 5.69 Å². The molecular weight excluding hydrogens is 258 g/mol. The quantitative estimate of drug-likeness (QED) is 0.822. The van der Waals surface area contributed by atoms with Crippen molar-refractivity contribution < 1.29 is 4.74 Å². The molecule has 1 aliphatic heterocycles. The van der Waals surface area contributed by atoms with Crippen molar-refractivity contribution in [2.24, 2.45) is 0 Å². The van der Waals surface area contributed by atoms with Gasteiger partial charge in [0.25, 0.3) is 0 Å². The molecule has 2 atom stereocenters. The van der Waals surface area contributed by atoms with Gasteiger partial charge in [0.2, 0.25) is 0 Å². The molecule has 2 aromatic rings. The lowest BCUT2D eigenvalue weighted by atomic mass is 10.1. The van der Waals surface area contributed by atoms with Crippen molar-refractivity contribution >= 4 is 5.69 Å². The van der Waals surface area contributed by atoms with E-state index in [9.17, 15) is 0 Å². The van der Waals surface area contributed by atoms with Crippen molar-refractivity contribution in [3.63, 3.8) is 0 Å². The molecule has 0 spiro atoms. The van der Waals surface area contributed by atoms with Crippen LogP contribution in [0, 0.1) is 0 Å². The Labute approximate surface area is 127 Å². The first-order valence-electron chi connectivity index (χ1n) is 7.81. The summed E-state index contributed by atoms with van der Waals surface area (Å²) >= 11 is 0. The second-order valence-electron chi connectivity index (χ2n) is 5.80. The topological polar surface area (TPSA) is 12.5 Å². The first kappa shape index (κ1) is 14.0. The van der Waals surface area contributed by atoms with E-state index in [2.05, 4.69) is 74.2 Å². The molecular formula is C19H23NO. The Balaban J connectivity index is 1.77. The minimum Gasteiger partial charge on any atom is -0.471 e. The summed E-state index contributed by atoms with van der Waals surface area (Å²) in [5, 5.41) is 0. The van der Waals surface area contributed by atoms with Crippen molar-refractivity contribution in [2.45, 2.75) is 45.9 Å². The smallest absolute Gasteiger partial charge is 0.169 e. The molecule has 1 heterocycles. The molecule has 0 radical (unpaired) electrons. The molecule has 110 valence electrons. The second-order valence-corrected chi connectivity index (χ2v) is 5.80. The largest absolute Gasteiger partial charge is 0.471 e. The predicted octanol–water partition coefficient (Wildman–Crippen LogP) is 4.43. The Morgan fingerprint density at radius 1 is 1.14 bits per heavy atom. The van der Waals surface area contributed by atoms with Crippen LogP contribution in [-0.2, 0) is 12.8 Å². The fraction of sp³-hybridized carbons (Fsp3) is 0.368. The zero-order chi connectivity index (χ0) is 14.8. The minimum atomic E-state index is 0.0381. The molecule has 0 fully saturated rings. The summed E-state index contributed by atoms with van der Waals surface area (Å²) in [5.74, 6) is 0.941. The third kappa shape index (κ3) is 2.76. The number of benzene rings is 2. The Morgan fingerprint density at radius 2 is 1.86 bits per heavy atom. The average Bonchev–Trinajstić information content (AvgIpc) is 2.83. The van der Waals surface area contributed by atoms with Gasteiger partial charge in [-0.2, -0.15) is 0 Å². The molecule has 2 nitrogen and oxygen atoms in total. The molecule has 2 heteroatoms. The standard InChI is InChI=1S/C19H23NO/c1-4-16-9-11-18(12-10-16)21-15(3)20-14(2)13-17-7-5-6-8-19(17)20/h5-12,14-15H,4,13H2,1-3H3. The lowest BCUT2D eigenvalue weighted by Crippen LogP contribution is -2.41. The highest BCUT2D eigenvalue weighted by Gasteiger charge is 2.30. The average molecular weight is 281 g/mol. The highest BCUT2D eigenvalue weighted by Crippen LogP contribution is 2.34. The number of rotatable bonds is 4. The van der Waals surface area contributed by atoms with E-state index in [1.807, 2.05) is 0 Å². The normalized spacial score (nSPS) is 18.4. The van der Waals surface area contributed by atoms with E-state index in [0.717, 1.165) is 18.6 Å². The van der Waals surface area contributed by atoms with Crippen LogP contribution < -0.4 is 9.64 Å². The molecule has 0 amide bonds. The number of para-hydroxylation sites is 1. The van der Waals surface area contributed by atoms with Gasteiger partial charge in [0.1, 0.15) is 5.75 Å². The number of hydrogen-bond donors (Lipinski definition) is 0. The van der Waals surface area contributed by atoms with Crippen LogP contribution in [0.5, 0.6) is 5.75 Å². The maximum atomic E-state index is 6.15. The number of fused-ring (bicyclic) bond motifs is 1. The predicted molar refractivity (Wildman–Crippen MR) is 88.0 cm³/mol. The number of ether oxygens (including phenoxy) is 1. The van der Waals surface area contributed by atoms with E-state index < -0.39 is 0 Å². The Morgan fingerprint density at radius 3 is 2.57 bits per heavy atom. The summed E-state index contributed by atoms with van der Waals surface area (Å²) in [5.41, 5.74) is 4.07. The number of anilines is 1. The van der Waals surface area contributed by atoms with Crippen LogP contribution >= 0.6 is 0 Å². The zero-order valence-electron chi connectivity index (χ0n) is 13.0. The van der Waals surface area contributed by atoms with Crippen molar-refractivity contribution in [1.29, 1.82) is 0 Å². The molecule has 2 aromatic carbocycles. The molecule has 3 rings (SSSR count). The zero-order valence-corrected chi connectivity index (χ0v) is 13.0. The number of hydrogen-bond acceptors (Lipinski definition) is 2. The number of nitrogens with zero attached hydrogens (tertiary/aromatic N) is 1. The van der Waals surface area contributed by atoms with Gasteiger partial charge in [0.05, 0.1) is 0 Å². The summed E-state index contributed by atoms with van der Waals surface area (Å²) in [7, 11) is 0. The van der Waals surface area contributed by atoms with Gasteiger partial charge in [-0.3, -0.25) is 0 Å². The first-order valence-corrected chi connectivity index (χ1v) is 7.81. The Hall–Kier alpha value is -1.96. The minimum absolute atomic E-state index is 0.0381. The van der Waals surface area contributed by atoms with Gasteiger partial charge >= 0.3 is 0 Å². The summed E-state index contributed by atoms with van der Waals surface area (Å²) in [4.78, 5) is 2.38. The van der Waals surface area contributed by atoms with E-state index in [0.29, 0.717) is 6.04 Å². The maximum Gasteiger partial charge on any atom is 0.169 e. The lowest BCUT2D eigenvalue weighted by Gasteiger charge is -2.31. The van der Waals surface area contributed by atoms with E-state index in [-0.39, 0.29) is 6.23 Å². The molecule has 0 aliphatic carbocycles. The fourth-order valence-corrected chi connectivity index (χ4v) is 3.20. The maximum absolute atomic E-state index is 6.15.